The fraction of sp³-hybridized carbons (Fsp3) is 0.500. The molecule has 0 aliphatic heterocycles. The van der Waals surface area contributed by atoms with Crippen LogP contribution < -0.4 is 0 Å². The van der Waals surface area contributed by atoms with Gasteiger partial charge in [0.2, 0.25) is 0 Å². The van der Waals surface area contributed by atoms with E-state index in [0.29, 0.717) is 12.8 Å². The first-order valence-electron chi connectivity index (χ1n) is 3.31. The van der Waals surface area contributed by atoms with E-state index < -0.39 is 11.4 Å². The Morgan fingerprint density at radius 2 is 2.36 bits per heavy atom. The van der Waals surface area contributed by atoms with E-state index in [9.17, 15) is 4.79 Å². The molecule has 1 rings (SSSR count). The number of allylic oxidation sites excluding steroid dienone is 1. The first-order valence-corrected chi connectivity index (χ1v) is 3.31. The first-order chi connectivity index (χ1) is 5.14. The number of carbonyl (C=O) groups excluding carboxylic acids is 1. The van der Waals surface area contributed by atoms with Gasteiger partial charge in [0.15, 0.2) is 5.41 Å². The molecule has 0 amide bonds. The molecule has 0 saturated heterocycles. The average molecular weight is 151 g/mol. The largest absolute Gasteiger partial charge is 0.468 e. The summed E-state index contributed by atoms with van der Waals surface area (Å²) >= 11 is 0. The lowest BCUT2D eigenvalue weighted by molar-refractivity contribution is -0.151. The minimum atomic E-state index is -0.911. The molecule has 0 heterocycles. The molecule has 3 heteroatoms. The second-order valence-corrected chi connectivity index (χ2v) is 2.79. The molecule has 1 aliphatic rings. The number of nitriles is 1. The predicted octanol–water partition coefficient (Wildman–Crippen LogP) is 1.02. The minimum Gasteiger partial charge on any atom is -0.468 e. The molecule has 0 aromatic heterocycles. The quantitative estimate of drug-likeness (QED) is 0.415. The smallest absolute Gasteiger partial charge is 0.326 e. The van der Waals surface area contributed by atoms with Crippen molar-refractivity contribution in [2.45, 2.75) is 12.8 Å². The monoisotopic (exact) mass is 151 g/mol. The highest BCUT2D eigenvalue weighted by Crippen LogP contribution is 2.44. The van der Waals surface area contributed by atoms with Gasteiger partial charge in [-0.3, -0.25) is 4.79 Å². The van der Waals surface area contributed by atoms with Crippen LogP contribution in [0.4, 0.5) is 0 Å². The molecule has 0 radical (unpaired) electrons. The summed E-state index contributed by atoms with van der Waals surface area (Å²) in [6.07, 6.45) is 0.909. The molecule has 1 saturated carbocycles. The van der Waals surface area contributed by atoms with E-state index in [0.717, 1.165) is 5.57 Å². The number of esters is 1. The van der Waals surface area contributed by atoms with Gasteiger partial charge in [0.05, 0.1) is 13.2 Å². The Balaban J connectivity index is 2.74. The molecule has 0 spiro atoms. The molecule has 0 bridgehead atoms. The number of hydrogen-bond donors (Lipinski definition) is 0. The third kappa shape index (κ3) is 1.01. The Morgan fingerprint density at radius 1 is 1.82 bits per heavy atom. The van der Waals surface area contributed by atoms with Crippen LogP contribution >= 0.6 is 0 Å². The molecule has 0 aromatic carbocycles. The van der Waals surface area contributed by atoms with Crippen LogP contribution in [0, 0.1) is 16.7 Å². The predicted molar refractivity (Wildman–Crippen MR) is 38.4 cm³/mol. The maximum Gasteiger partial charge on any atom is 0.326 e. The lowest BCUT2D eigenvalue weighted by Crippen LogP contribution is -2.38. The molecule has 0 unspecified atom stereocenters. The van der Waals surface area contributed by atoms with E-state index in [-0.39, 0.29) is 0 Å². The first kappa shape index (κ1) is 7.80. The van der Waals surface area contributed by atoms with Gasteiger partial charge in [0, 0.05) is 0 Å². The number of nitrogens with zero attached hydrogens (tertiary/aromatic N) is 1. The second-order valence-electron chi connectivity index (χ2n) is 2.79. The standard InChI is InChI=1S/C8H9NO2/c1-6-3-8(4-6,5-9)7(10)11-2/h1,3-4H2,2H3. The van der Waals surface area contributed by atoms with Gasteiger partial charge in [-0.15, -0.1) is 0 Å². The van der Waals surface area contributed by atoms with Crippen molar-refractivity contribution in [3.05, 3.63) is 12.2 Å². The van der Waals surface area contributed by atoms with Crippen LogP contribution in [0.25, 0.3) is 0 Å². The molecule has 1 fully saturated rings. The summed E-state index contributed by atoms with van der Waals surface area (Å²) in [6.45, 7) is 3.66. The Kier molecular flexibility index (Phi) is 1.69. The molecular formula is C8H9NO2. The maximum absolute atomic E-state index is 11.0. The second kappa shape index (κ2) is 2.39. The van der Waals surface area contributed by atoms with Gasteiger partial charge in [0.1, 0.15) is 0 Å². The van der Waals surface area contributed by atoms with Crippen LogP contribution in [0.2, 0.25) is 0 Å². The summed E-state index contributed by atoms with van der Waals surface area (Å²) in [5.41, 5.74) is 0.0307. The number of methoxy groups -OCH3 is 1. The van der Waals surface area contributed by atoms with Crippen LogP contribution in [0.3, 0.4) is 0 Å². The van der Waals surface area contributed by atoms with Gasteiger partial charge in [-0.25, -0.2) is 0 Å². The van der Waals surface area contributed by atoms with E-state index in [1.165, 1.54) is 7.11 Å². The molecular weight excluding hydrogens is 142 g/mol. The summed E-state index contributed by atoms with van der Waals surface area (Å²) in [6, 6.07) is 1.96. The molecule has 58 valence electrons. The molecule has 3 nitrogen and oxygen atoms in total. The van der Waals surface area contributed by atoms with Crippen molar-refractivity contribution in [3.8, 4) is 6.07 Å². The van der Waals surface area contributed by atoms with Gasteiger partial charge < -0.3 is 4.74 Å². The Labute approximate surface area is 65.3 Å². The topological polar surface area (TPSA) is 50.1 Å². The number of hydrogen-bond acceptors (Lipinski definition) is 3. The summed E-state index contributed by atoms with van der Waals surface area (Å²) < 4.78 is 4.49. The van der Waals surface area contributed by atoms with Gasteiger partial charge in [0.25, 0.3) is 0 Å². The molecule has 1 aliphatic carbocycles. The van der Waals surface area contributed by atoms with E-state index >= 15 is 0 Å². The van der Waals surface area contributed by atoms with Crippen molar-refractivity contribution in [1.82, 2.24) is 0 Å². The van der Waals surface area contributed by atoms with Gasteiger partial charge in [-0.05, 0) is 12.8 Å². The van der Waals surface area contributed by atoms with E-state index in [1.54, 1.807) is 0 Å². The lowest BCUT2D eigenvalue weighted by atomic mass is 9.67. The minimum absolute atomic E-state index is 0.438. The molecule has 0 N–H and O–H groups in total. The van der Waals surface area contributed by atoms with Crippen LogP contribution in [0.1, 0.15) is 12.8 Å². The van der Waals surface area contributed by atoms with Crippen LogP contribution in [0.5, 0.6) is 0 Å². The van der Waals surface area contributed by atoms with Crippen molar-refractivity contribution in [3.63, 3.8) is 0 Å². The van der Waals surface area contributed by atoms with Gasteiger partial charge >= 0.3 is 5.97 Å². The third-order valence-corrected chi connectivity index (χ3v) is 1.89. The van der Waals surface area contributed by atoms with E-state index in [2.05, 4.69) is 11.3 Å². The SMILES string of the molecule is C=C1CC(C#N)(C(=O)OC)C1. The Hall–Kier alpha value is -1.30. The van der Waals surface area contributed by atoms with Crippen LogP contribution in [0.15, 0.2) is 12.2 Å². The highest BCUT2D eigenvalue weighted by Gasteiger charge is 2.48. The number of rotatable bonds is 1. The average Bonchev–Trinajstić information content (AvgIpc) is 1.96. The summed E-state index contributed by atoms with van der Waals surface area (Å²) in [5, 5.41) is 8.66. The maximum atomic E-state index is 11.0. The van der Waals surface area contributed by atoms with Crippen molar-refractivity contribution in [2.24, 2.45) is 5.41 Å². The number of carbonyl (C=O) groups is 1. The Bertz CT molecular complexity index is 241. The van der Waals surface area contributed by atoms with E-state index in [4.69, 9.17) is 5.26 Å². The highest BCUT2D eigenvalue weighted by molar-refractivity contribution is 5.82. The summed E-state index contributed by atoms with van der Waals surface area (Å²) in [4.78, 5) is 11.0. The molecule has 0 atom stereocenters. The summed E-state index contributed by atoms with van der Waals surface area (Å²) in [7, 11) is 1.29. The fourth-order valence-corrected chi connectivity index (χ4v) is 1.27. The van der Waals surface area contributed by atoms with Crippen molar-refractivity contribution in [2.75, 3.05) is 7.11 Å². The number of ether oxygens (including phenoxy) is 1. The molecule has 11 heavy (non-hydrogen) atoms. The normalized spacial score (nSPS) is 19.8. The van der Waals surface area contributed by atoms with Crippen molar-refractivity contribution < 1.29 is 9.53 Å². The third-order valence-electron chi connectivity index (χ3n) is 1.89. The van der Waals surface area contributed by atoms with Crippen molar-refractivity contribution in [1.29, 1.82) is 5.26 Å². The Morgan fingerprint density at radius 3 is 2.64 bits per heavy atom. The van der Waals surface area contributed by atoms with Gasteiger partial charge in [-0.1, -0.05) is 12.2 Å². The van der Waals surface area contributed by atoms with Crippen LogP contribution in [-0.2, 0) is 9.53 Å². The zero-order chi connectivity index (χ0) is 8.48. The lowest BCUT2D eigenvalue weighted by Gasteiger charge is -2.33. The van der Waals surface area contributed by atoms with Crippen molar-refractivity contribution >= 4 is 5.97 Å². The fourth-order valence-electron chi connectivity index (χ4n) is 1.27. The highest BCUT2D eigenvalue weighted by atomic mass is 16.5. The zero-order valence-corrected chi connectivity index (χ0v) is 6.39. The van der Waals surface area contributed by atoms with Crippen LogP contribution in [-0.4, -0.2) is 13.1 Å². The van der Waals surface area contributed by atoms with Gasteiger partial charge in [-0.2, -0.15) is 5.26 Å². The summed E-state index contributed by atoms with van der Waals surface area (Å²) in [5.74, 6) is -0.438. The zero-order valence-electron chi connectivity index (χ0n) is 6.39. The molecule has 0 aromatic rings. The van der Waals surface area contributed by atoms with E-state index in [1.807, 2.05) is 6.07 Å².